The summed E-state index contributed by atoms with van der Waals surface area (Å²) in [6, 6.07) is 9.13. The third-order valence-corrected chi connectivity index (χ3v) is 6.48. The molecule has 2 amide bonds. The summed E-state index contributed by atoms with van der Waals surface area (Å²) in [5, 5.41) is 0. The van der Waals surface area contributed by atoms with Crippen LogP contribution < -0.4 is 10.6 Å². The summed E-state index contributed by atoms with van der Waals surface area (Å²) >= 11 is 0. The van der Waals surface area contributed by atoms with Crippen LogP contribution in [0, 0.1) is 5.41 Å². The van der Waals surface area contributed by atoms with Gasteiger partial charge in [0.25, 0.3) is 0 Å². The zero-order valence-corrected chi connectivity index (χ0v) is 16.8. The fourth-order valence-electron chi connectivity index (χ4n) is 4.33. The third kappa shape index (κ3) is 3.15. The van der Waals surface area contributed by atoms with Crippen LogP contribution in [0.25, 0.3) is 0 Å². The summed E-state index contributed by atoms with van der Waals surface area (Å²) < 4.78 is 5.73. The minimum atomic E-state index is -1.00. The highest BCUT2D eigenvalue weighted by molar-refractivity contribution is 6.01. The number of rotatable bonds is 5. The molecular weight excluding hydrogens is 342 g/mol. The number of hydrogen-bond donors (Lipinski definition) is 1. The van der Waals surface area contributed by atoms with Crippen molar-refractivity contribution < 1.29 is 14.3 Å². The van der Waals surface area contributed by atoms with Crippen LogP contribution in [0.3, 0.4) is 0 Å². The molecule has 0 spiro atoms. The maximum atomic E-state index is 13.3. The van der Waals surface area contributed by atoms with Crippen molar-refractivity contribution in [2.75, 3.05) is 25.1 Å². The fourth-order valence-corrected chi connectivity index (χ4v) is 4.33. The second kappa shape index (κ2) is 7.24. The van der Waals surface area contributed by atoms with Gasteiger partial charge in [0, 0.05) is 37.7 Å². The van der Waals surface area contributed by atoms with Gasteiger partial charge in [0.15, 0.2) is 0 Å². The molecule has 1 aromatic carbocycles. The molecule has 1 heterocycles. The van der Waals surface area contributed by atoms with Gasteiger partial charge in [0.05, 0.1) is 6.10 Å². The van der Waals surface area contributed by atoms with Crippen molar-refractivity contribution in [3.05, 3.63) is 30.3 Å². The molecule has 148 valence electrons. The monoisotopic (exact) mass is 373 g/mol. The number of ether oxygens (including phenoxy) is 1. The molecule has 27 heavy (non-hydrogen) atoms. The number of hydrogen-bond acceptors (Lipinski definition) is 4. The second-order valence-corrected chi connectivity index (χ2v) is 8.24. The molecule has 3 unspecified atom stereocenters. The lowest BCUT2D eigenvalue weighted by Gasteiger charge is -2.59. The molecule has 6 heteroatoms. The quantitative estimate of drug-likeness (QED) is 0.858. The molecule has 1 aliphatic heterocycles. The zero-order valence-electron chi connectivity index (χ0n) is 16.8. The van der Waals surface area contributed by atoms with E-state index in [0.29, 0.717) is 26.0 Å². The predicted octanol–water partition coefficient (Wildman–Crippen LogP) is 2.17. The summed E-state index contributed by atoms with van der Waals surface area (Å²) in [5.41, 5.74) is 5.95. The predicted molar refractivity (Wildman–Crippen MR) is 105 cm³/mol. The van der Waals surface area contributed by atoms with Crippen LogP contribution in [0.5, 0.6) is 0 Å². The summed E-state index contributed by atoms with van der Waals surface area (Å²) in [6.45, 7) is 7.16. The van der Waals surface area contributed by atoms with Gasteiger partial charge in [0.2, 0.25) is 11.8 Å². The number of piperidine rings is 1. The number of carbonyl (C=O) groups excluding carboxylic acids is 2. The van der Waals surface area contributed by atoms with E-state index in [9.17, 15) is 9.59 Å². The molecule has 3 rings (SSSR count). The number of benzene rings is 1. The van der Waals surface area contributed by atoms with Crippen LogP contribution >= 0.6 is 0 Å². The first-order valence-corrected chi connectivity index (χ1v) is 9.78. The first-order chi connectivity index (χ1) is 12.7. The fraction of sp³-hybridized carbons (Fsp3) is 0.619. The molecule has 3 atom stereocenters. The van der Waals surface area contributed by atoms with Crippen molar-refractivity contribution in [3.63, 3.8) is 0 Å². The van der Waals surface area contributed by atoms with E-state index in [2.05, 4.69) is 0 Å². The molecule has 1 aromatic rings. The Bertz CT molecular complexity index is 706. The zero-order chi connectivity index (χ0) is 19.8. The van der Waals surface area contributed by atoms with Crippen LogP contribution in [-0.4, -0.2) is 54.6 Å². The van der Waals surface area contributed by atoms with E-state index in [-0.39, 0.29) is 17.9 Å². The molecule has 6 nitrogen and oxygen atoms in total. The number of para-hydroxylation sites is 1. The van der Waals surface area contributed by atoms with E-state index < -0.39 is 17.0 Å². The van der Waals surface area contributed by atoms with Gasteiger partial charge in [-0.1, -0.05) is 32.0 Å². The van der Waals surface area contributed by atoms with E-state index in [1.807, 2.05) is 51.1 Å². The largest absolute Gasteiger partial charge is 0.378 e. The highest BCUT2D eigenvalue weighted by Crippen LogP contribution is 2.50. The second-order valence-electron chi connectivity index (χ2n) is 8.24. The Morgan fingerprint density at radius 2 is 2.00 bits per heavy atom. The van der Waals surface area contributed by atoms with Crippen molar-refractivity contribution in [1.82, 2.24) is 4.90 Å². The van der Waals surface area contributed by atoms with Gasteiger partial charge in [-0.2, -0.15) is 0 Å². The molecular formula is C21H31N3O3. The lowest BCUT2D eigenvalue weighted by molar-refractivity contribution is -0.180. The van der Waals surface area contributed by atoms with Crippen LogP contribution in [0.2, 0.25) is 0 Å². The van der Waals surface area contributed by atoms with E-state index >= 15 is 0 Å². The van der Waals surface area contributed by atoms with E-state index in [4.69, 9.17) is 10.5 Å². The number of anilines is 1. The number of nitrogens with two attached hydrogens (primary N) is 1. The van der Waals surface area contributed by atoms with Gasteiger partial charge >= 0.3 is 0 Å². The highest BCUT2D eigenvalue weighted by atomic mass is 16.5. The van der Waals surface area contributed by atoms with E-state index in [1.165, 1.54) is 0 Å². The molecule has 1 aliphatic carbocycles. The van der Waals surface area contributed by atoms with Gasteiger partial charge < -0.3 is 20.3 Å². The summed E-state index contributed by atoms with van der Waals surface area (Å²) in [4.78, 5) is 29.7. The van der Waals surface area contributed by atoms with Gasteiger partial charge in [-0.15, -0.1) is 0 Å². The summed E-state index contributed by atoms with van der Waals surface area (Å²) in [6.07, 6.45) is 1.97. The first kappa shape index (κ1) is 19.8. The maximum absolute atomic E-state index is 13.3. The van der Waals surface area contributed by atoms with Crippen molar-refractivity contribution in [3.8, 4) is 0 Å². The topological polar surface area (TPSA) is 75.9 Å². The van der Waals surface area contributed by atoms with Crippen molar-refractivity contribution in [2.24, 2.45) is 11.1 Å². The van der Waals surface area contributed by atoms with Crippen molar-refractivity contribution in [2.45, 2.75) is 57.7 Å². The Kier molecular flexibility index (Phi) is 5.32. The smallest absolute Gasteiger partial charge is 0.249 e. The number of amides is 2. The third-order valence-electron chi connectivity index (χ3n) is 6.48. The average molecular weight is 373 g/mol. The Hall–Kier alpha value is -1.92. The molecule has 1 saturated heterocycles. The average Bonchev–Trinajstić information content (AvgIpc) is 2.67. The minimum absolute atomic E-state index is 0.0345. The van der Waals surface area contributed by atoms with Crippen LogP contribution in [0.1, 0.15) is 40.0 Å². The minimum Gasteiger partial charge on any atom is -0.378 e. The molecule has 0 aromatic heterocycles. The number of likely N-dealkylation sites (N-methyl/N-ethyl adjacent to an activating group) is 1. The normalized spacial score (nSPS) is 30.0. The summed E-state index contributed by atoms with van der Waals surface area (Å²) in [7, 11) is 1.71. The van der Waals surface area contributed by atoms with E-state index in [1.54, 1.807) is 16.8 Å². The van der Waals surface area contributed by atoms with Gasteiger partial charge in [0.1, 0.15) is 11.6 Å². The van der Waals surface area contributed by atoms with Crippen LogP contribution in [0.15, 0.2) is 30.3 Å². The summed E-state index contributed by atoms with van der Waals surface area (Å²) in [5.74, 6) is -0.206. The Balaban J connectivity index is 1.76. The number of nitrogens with zero attached hydrogens (tertiary/aromatic N) is 2. The van der Waals surface area contributed by atoms with Crippen LogP contribution in [0.4, 0.5) is 5.69 Å². The number of carbonyl (C=O) groups is 2. The van der Waals surface area contributed by atoms with Gasteiger partial charge in [-0.25, -0.2) is 0 Å². The highest BCUT2D eigenvalue weighted by Gasteiger charge is 2.64. The maximum Gasteiger partial charge on any atom is 0.249 e. The van der Waals surface area contributed by atoms with Crippen molar-refractivity contribution >= 4 is 17.5 Å². The standard InChI is InChI=1S/C21H31N3O3/c1-5-27-17-14-21(22,20(17,2)3)19(26)23(4)16-12-9-13-24(18(16)25)15-10-7-6-8-11-15/h6-8,10-11,16-17H,5,9,12-14,22H2,1-4H3. The SMILES string of the molecule is CCOC1CC(N)(C(=O)N(C)C2CCCN(c3ccccc3)C2=O)C1(C)C. The lowest BCUT2D eigenvalue weighted by atomic mass is 9.54. The van der Waals surface area contributed by atoms with Gasteiger partial charge in [-0.05, 0) is 31.9 Å². The van der Waals surface area contributed by atoms with Gasteiger partial charge in [-0.3, -0.25) is 9.59 Å². The molecule has 0 bridgehead atoms. The Labute approximate surface area is 161 Å². The molecule has 0 radical (unpaired) electrons. The molecule has 2 fully saturated rings. The Morgan fingerprint density at radius 3 is 2.59 bits per heavy atom. The molecule has 1 saturated carbocycles. The molecule has 2 N–H and O–H groups in total. The molecule has 2 aliphatic rings. The van der Waals surface area contributed by atoms with Crippen LogP contribution in [-0.2, 0) is 14.3 Å². The Morgan fingerprint density at radius 1 is 1.33 bits per heavy atom. The van der Waals surface area contributed by atoms with Crippen molar-refractivity contribution in [1.29, 1.82) is 0 Å². The lowest BCUT2D eigenvalue weighted by Crippen LogP contribution is -2.76. The first-order valence-electron chi connectivity index (χ1n) is 9.78. The van der Waals surface area contributed by atoms with E-state index in [0.717, 1.165) is 12.1 Å².